The van der Waals surface area contributed by atoms with Gasteiger partial charge in [0.25, 0.3) is 5.91 Å². The average molecular weight is 401 g/mol. The second kappa shape index (κ2) is 8.99. The van der Waals surface area contributed by atoms with Crippen molar-refractivity contribution in [3.63, 3.8) is 0 Å². The lowest BCUT2D eigenvalue weighted by Crippen LogP contribution is -2.51. The van der Waals surface area contributed by atoms with E-state index < -0.39 is 10.0 Å². The third-order valence-corrected chi connectivity index (χ3v) is 6.43. The molecule has 0 unspecified atom stereocenters. The molecule has 0 spiro atoms. The zero-order chi connectivity index (χ0) is 20.0. The lowest BCUT2D eigenvalue weighted by atomic mass is 10.2. The highest BCUT2D eigenvalue weighted by Crippen LogP contribution is 2.18. The predicted octanol–water partition coefficient (Wildman–Crippen LogP) is 1.88. The molecule has 0 aliphatic carbocycles. The molecule has 0 aromatic heterocycles. The largest absolute Gasteiger partial charge is 0.386 e. The molecule has 2 aromatic carbocycles. The van der Waals surface area contributed by atoms with E-state index >= 15 is 0 Å². The zero-order valence-corrected chi connectivity index (χ0v) is 16.5. The number of sulfonamides is 1. The normalized spacial score (nSPS) is 15.7. The highest BCUT2D eigenvalue weighted by atomic mass is 32.2. The van der Waals surface area contributed by atoms with Gasteiger partial charge in [-0.1, -0.05) is 53.2 Å². The fourth-order valence-electron chi connectivity index (χ4n) is 2.86. The number of benzene rings is 2. The van der Waals surface area contributed by atoms with Gasteiger partial charge in [-0.15, -0.1) is 0 Å². The first-order valence-electron chi connectivity index (χ1n) is 9.02. The minimum atomic E-state index is -3.54. The van der Waals surface area contributed by atoms with Gasteiger partial charge in [-0.2, -0.15) is 4.31 Å². The number of carbonyl (C=O) groups excluding carboxylic acids is 1. The first kappa shape index (κ1) is 20.0. The Bertz CT molecular complexity index is 920. The van der Waals surface area contributed by atoms with Crippen LogP contribution in [-0.4, -0.2) is 62.5 Å². The fraction of sp³-hybridized carbons (Fsp3) is 0.300. The molecule has 0 saturated carbocycles. The Hall–Kier alpha value is -2.71. The molecule has 8 heteroatoms. The molecule has 1 heterocycles. The van der Waals surface area contributed by atoms with E-state index in [1.165, 1.54) is 4.31 Å². The van der Waals surface area contributed by atoms with Crippen molar-refractivity contribution in [1.82, 2.24) is 9.21 Å². The quantitative estimate of drug-likeness (QED) is 0.547. The van der Waals surface area contributed by atoms with Crippen LogP contribution >= 0.6 is 0 Å². The van der Waals surface area contributed by atoms with Crippen LogP contribution in [0.5, 0.6) is 0 Å². The van der Waals surface area contributed by atoms with E-state index in [0.29, 0.717) is 13.1 Å². The van der Waals surface area contributed by atoms with Gasteiger partial charge in [-0.05, 0) is 24.6 Å². The van der Waals surface area contributed by atoms with E-state index in [9.17, 15) is 13.2 Å². The number of nitrogens with zero attached hydrogens (tertiary/aromatic N) is 3. The molecule has 0 bridgehead atoms. The van der Waals surface area contributed by atoms with E-state index in [2.05, 4.69) is 5.16 Å². The van der Waals surface area contributed by atoms with Gasteiger partial charge >= 0.3 is 0 Å². The summed E-state index contributed by atoms with van der Waals surface area (Å²) in [6, 6.07) is 16.2. The predicted molar refractivity (Wildman–Crippen MR) is 107 cm³/mol. The summed E-state index contributed by atoms with van der Waals surface area (Å²) in [6.45, 7) is 2.91. The third kappa shape index (κ3) is 4.96. The SMILES string of the molecule is Cc1ccc(S(=O)(=O)N2CCN(C(=O)CO/N=C\c3ccccc3)CC2)cc1. The number of aryl methyl sites for hydroxylation is 1. The lowest BCUT2D eigenvalue weighted by molar-refractivity contribution is -0.137. The summed E-state index contributed by atoms with van der Waals surface area (Å²) in [4.78, 5) is 19.2. The maximum Gasteiger partial charge on any atom is 0.263 e. The maximum atomic E-state index is 12.7. The second-order valence-corrected chi connectivity index (χ2v) is 8.45. The van der Waals surface area contributed by atoms with Crippen LogP contribution in [0.15, 0.2) is 64.6 Å². The minimum Gasteiger partial charge on any atom is -0.386 e. The first-order chi connectivity index (χ1) is 13.5. The van der Waals surface area contributed by atoms with Crippen LogP contribution in [0.3, 0.4) is 0 Å². The van der Waals surface area contributed by atoms with Crippen LogP contribution in [0.2, 0.25) is 0 Å². The molecular formula is C20H23N3O4S. The van der Waals surface area contributed by atoms with E-state index in [1.54, 1.807) is 35.4 Å². The minimum absolute atomic E-state index is 0.173. The molecule has 0 atom stereocenters. The van der Waals surface area contributed by atoms with Crippen molar-refractivity contribution in [3.8, 4) is 0 Å². The van der Waals surface area contributed by atoms with Gasteiger partial charge in [0, 0.05) is 26.2 Å². The molecule has 0 N–H and O–H groups in total. The molecule has 1 fully saturated rings. The second-order valence-electron chi connectivity index (χ2n) is 6.52. The summed E-state index contributed by atoms with van der Waals surface area (Å²) in [7, 11) is -3.54. The Balaban J connectivity index is 1.48. The van der Waals surface area contributed by atoms with Crippen molar-refractivity contribution in [3.05, 3.63) is 65.7 Å². The Kier molecular flexibility index (Phi) is 6.43. The number of oxime groups is 1. The van der Waals surface area contributed by atoms with Crippen molar-refractivity contribution in [2.45, 2.75) is 11.8 Å². The Morgan fingerprint density at radius 2 is 1.68 bits per heavy atom. The Morgan fingerprint density at radius 1 is 1.04 bits per heavy atom. The zero-order valence-electron chi connectivity index (χ0n) is 15.7. The van der Waals surface area contributed by atoms with Crippen molar-refractivity contribution in [2.75, 3.05) is 32.8 Å². The summed E-state index contributed by atoms with van der Waals surface area (Å²) >= 11 is 0. The number of amides is 1. The van der Waals surface area contributed by atoms with Gasteiger partial charge in [0.05, 0.1) is 11.1 Å². The maximum absolute atomic E-state index is 12.7. The van der Waals surface area contributed by atoms with E-state index in [0.717, 1.165) is 11.1 Å². The molecule has 1 saturated heterocycles. The summed E-state index contributed by atoms with van der Waals surface area (Å²) in [5, 5.41) is 3.80. The smallest absolute Gasteiger partial charge is 0.263 e. The van der Waals surface area contributed by atoms with Gasteiger partial charge < -0.3 is 9.74 Å². The van der Waals surface area contributed by atoms with E-state index in [-0.39, 0.29) is 30.5 Å². The van der Waals surface area contributed by atoms with Crippen LogP contribution in [0, 0.1) is 6.92 Å². The molecule has 7 nitrogen and oxygen atoms in total. The van der Waals surface area contributed by atoms with Crippen LogP contribution in [0.1, 0.15) is 11.1 Å². The third-order valence-electron chi connectivity index (χ3n) is 4.51. The molecule has 3 rings (SSSR count). The molecule has 28 heavy (non-hydrogen) atoms. The number of hydrogen-bond donors (Lipinski definition) is 0. The van der Waals surface area contributed by atoms with Crippen LogP contribution < -0.4 is 0 Å². The number of rotatable bonds is 6. The first-order valence-corrected chi connectivity index (χ1v) is 10.5. The summed E-state index contributed by atoms with van der Waals surface area (Å²) in [5.74, 6) is -0.211. The van der Waals surface area contributed by atoms with Crippen LogP contribution in [0.4, 0.5) is 0 Å². The van der Waals surface area contributed by atoms with E-state index in [4.69, 9.17) is 4.84 Å². The van der Waals surface area contributed by atoms with Crippen LogP contribution in [-0.2, 0) is 19.7 Å². The molecule has 1 aliphatic rings. The van der Waals surface area contributed by atoms with Gasteiger partial charge in [0.2, 0.25) is 10.0 Å². The summed E-state index contributed by atoms with van der Waals surface area (Å²) in [5.41, 5.74) is 1.88. The molecule has 1 aliphatic heterocycles. The summed E-state index contributed by atoms with van der Waals surface area (Å²) in [6.07, 6.45) is 1.54. The number of piperazine rings is 1. The number of hydrogen-bond acceptors (Lipinski definition) is 5. The molecule has 148 valence electrons. The number of carbonyl (C=O) groups is 1. The topological polar surface area (TPSA) is 79.3 Å². The van der Waals surface area contributed by atoms with E-state index in [1.807, 2.05) is 37.3 Å². The van der Waals surface area contributed by atoms with Gasteiger partial charge in [-0.3, -0.25) is 4.79 Å². The van der Waals surface area contributed by atoms with Gasteiger partial charge in [-0.25, -0.2) is 8.42 Å². The van der Waals surface area contributed by atoms with Crippen molar-refractivity contribution >= 4 is 22.1 Å². The molecule has 2 aromatic rings. The van der Waals surface area contributed by atoms with Crippen LogP contribution in [0.25, 0.3) is 0 Å². The van der Waals surface area contributed by atoms with Crippen molar-refractivity contribution in [2.24, 2.45) is 5.16 Å². The fourth-order valence-corrected chi connectivity index (χ4v) is 4.28. The highest BCUT2D eigenvalue weighted by molar-refractivity contribution is 7.89. The summed E-state index contributed by atoms with van der Waals surface area (Å²) < 4.78 is 26.8. The highest BCUT2D eigenvalue weighted by Gasteiger charge is 2.30. The monoisotopic (exact) mass is 401 g/mol. The van der Waals surface area contributed by atoms with Gasteiger partial charge in [0.1, 0.15) is 0 Å². The molecule has 1 amide bonds. The van der Waals surface area contributed by atoms with Crippen molar-refractivity contribution < 1.29 is 18.0 Å². The molecular weight excluding hydrogens is 378 g/mol. The van der Waals surface area contributed by atoms with Gasteiger partial charge in [0.15, 0.2) is 6.61 Å². The lowest BCUT2D eigenvalue weighted by Gasteiger charge is -2.33. The Morgan fingerprint density at radius 3 is 2.32 bits per heavy atom. The Labute approximate surface area is 165 Å². The standard InChI is InChI=1S/C20H23N3O4S/c1-17-7-9-19(10-8-17)28(25,26)23-13-11-22(12-14-23)20(24)16-27-21-15-18-5-3-2-4-6-18/h2-10,15H,11-14,16H2,1H3/b21-15-. The van der Waals surface area contributed by atoms with Crippen molar-refractivity contribution in [1.29, 1.82) is 0 Å². The molecule has 0 radical (unpaired) electrons. The average Bonchev–Trinajstić information content (AvgIpc) is 2.72.